The molecule has 0 atom stereocenters. The van der Waals surface area contributed by atoms with Crippen molar-refractivity contribution in [3.63, 3.8) is 0 Å². The number of nitrogens with two attached hydrogens (primary N) is 1. The van der Waals surface area contributed by atoms with Gasteiger partial charge in [-0.1, -0.05) is 37.2 Å². The number of benzene rings is 1. The van der Waals surface area contributed by atoms with Crippen molar-refractivity contribution in [3.05, 3.63) is 42.1 Å². The van der Waals surface area contributed by atoms with Gasteiger partial charge in [0.1, 0.15) is 0 Å². The fraction of sp³-hybridized carbons (Fsp3) is 0.250. The third kappa shape index (κ3) is 2.13. The fourth-order valence-corrected chi connectivity index (χ4v) is 2.43. The monoisotopic (exact) mass is 267 g/mol. The molecule has 0 amide bonds. The van der Waals surface area contributed by atoms with Crippen LogP contribution in [-0.4, -0.2) is 10.1 Å². The van der Waals surface area contributed by atoms with Crippen LogP contribution in [-0.2, 0) is 6.42 Å². The first-order valence-corrected chi connectivity index (χ1v) is 6.75. The van der Waals surface area contributed by atoms with Gasteiger partial charge < -0.3 is 10.3 Å². The summed E-state index contributed by atoms with van der Waals surface area (Å²) in [7, 11) is 0. The van der Waals surface area contributed by atoms with Crippen molar-refractivity contribution in [2.75, 3.05) is 5.73 Å². The van der Waals surface area contributed by atoms with Crippen molar-refractivity contribution in [2.45, 2.75) is 20.3 Å². The quantitative estimate of drug-likeness (QED) is 0.786. The van der Waals surface area contributed by atoms with Crippen LogP contribution in [0.15, 0.2) is 41.1 Å². The zero-order chi connectivity index (χ0) is 14.1. The van der Waals surface area contributed by atoms with E-state index in [-0.39, 0.29) is 0 Å². The molecule has 0 aliphatic rings. The van der Waals surface area contributed by atoms with E-state index in [2.05, 4.69) is 24.0 Å². The number of hydrogen-bond donors (Lipinski definition) is 1. The molecule has 20 heavy (non-hydrogen) atoms. The van der Waals surface area contributed by atoms with Gasteiger partial charge in [-0.05, 0) is 24.5 Å². The average molecular weight is 267 g/mol. The summed E-state index contributed by atoms with van der Waals surface area (Å²) in [5, 5.41) is 4.99. The topological polar surface area (TPSA) is 64.9 Å². The maximum absolute atomic E-state index is 5.95. The van der Waals surface area contributed by atoms with Crippen LogP contribution in [0.4, 0.5) is 5.82 Å². The first kappa shape index (κ1) is 12.7. The number of anilines is 1. The summed E-state index contributed by atoms with van der Waals surface area (Å²) in [5.41, 5.74) is 8.87. The standard InChI is InChI=1S/C16H17N3O/c1-10(2)9-13-15(20-19-16(13)17)12-7-8-18-14-6-4-3-5-11(12)14/h3-8,10H,9H2,1-2H3,(H2,17,19). The van der Waals surface area contributed by atoms with Crippen LogP contribution in [0.25, 0.3) is 22.2 Å². The van der Waals surface area contributed by atoms with Gasteiger partial charge in [0.05, 0.1) is 5.52 Å². The second kappa shape index (κ2) is 4.96. The molecule has 102 valence electrons. The normalized spacial score (nSPS) is 11.3. The van der Waals surface area contributed by atoms with Crippen molar-refractivity contribution in [1.82, 2.24) is 10.1 Å². The smallest absolute Gasteiger partial charge is 0.173 e. The largest absolute Gasteiger partial charge is 0.381 e. The Labute approximate surface area is 117 Å². The molecule has 0 saturated carbocycles. The molecule has 1 aromatic carbocycles. The number of hydrogen-bond acceptors (Lipinski definition) is 4. The highest BCUT2D eigenvalue weighted by Crippen LogP contribution is 2.33. The number of rotatable bonds is 3. The molecule has 2 heterocycles. The molecule has 0 radical (unpaired) electrons. The lowest BCUT2D eigenvalue weighted by molar-refractivity contribution is 0.434. The molecular formula is C16H17N3O. The molecule has 0 fully saturated rings. The lowest BCUT2D eigenvalue weighted by Gasteiger charge is -2.07. The van der Waals surface area contributed by atoms with E-state index < -0.39 is 0 Å². The number of nitrogen functional groups attached to an aromatic ring is 1. The van der Waals surface area contributed by atoms with E-state index in [1.807, 2.05) is 30.3 Å². The van der Waals surface area contributed by atoms with Gasteiger partial charge in [0, 0.05) is 22.7 Å². The molecule has 3 aromatic rings. The Morgan fingerprint density at radius 2 is 2.00 bits per heavy atom. The van der Waals surface area contributed by atoms with E-state index in [0.29, 0.717) is 11.7 Å². The molecule has 2 N–H and O–H groups in total. The predicted molar refractivity (Wildman–Crippen MR) is 80.2 cm³/mol. The van der Waals surface area contributed by atoms with Crippen LogP contribution >= 0.6 is 0 Å². The number of aromatic nitrogens is 2. The van der Waals surface area contributed by atoms with E-state index in [1.54, 1.807) is 6.20 Å². The first-order valence-electron chi connectivity index (χ1n) is 6.75. The Balaban J connectivity index is 2.21. The SMILES string of the molecule is CC(C)Cc1c(N)noc1-c1ccnc2ccccc12. The third-order valence-corrected chi connectivity index (χ3v) is 3.32. The molecule has 0 aliphatic heterocycles. The summed E-state index contributed by atoms with van der Waals surface area (Å²) in [6.07, 6.45) is 2.64. The highest BCUT2D eigenvalue weighted by atomic mass is 16.5. The molecule has 4 heteroatoms. The van der Waals surface area contributed by atoms with E-state index in [1.165, 1.54) is 0 Å². The highest BCUT2D eigenvalue weighted by Gasteiger charge is 2.18. The van der Waals surface area contributed by atoms with Crippen molar-refractivity contribution in [2.24, 2.45) is 5.92 Å². The van der Waals surface area contributed by atoms with E-state index >= 15 is 0 Å². The molecule has 0 aliphatic carbocycles. The van der Waals surface area contributed by atoms with Gasteiger partial charge in [-0.2, -0.15) is 0 Å². The Kier molecular flexibility index (Phi) is 3.14. The van der Waals surface area contributed by atoms with Gasteiger partial charge in [-0.3, -0.25) is 4.98 Å². The summed E-state index contributed by atoms with van der Waals surface area (Å²) >= 11 is 0. The van der Waals surface area contributed by atoms with Crippen molar-refractivity contribution in [3.8, 4) is 11.3 Å². The molecule has 2 aromatic heterocycles. The molecule has 3 rings (SSSR count). The summed E-state index contributed by atoms with van der Waals surface area (Å²) in [4.78, 5) is 4.37. The molecule has 0 spiro atoms. The number of fused-ring (bicyclic) bond motifs is 1. The number of para-hydroxylation sites is 1. The van der Waals surface area contributed by atoms with Gasteiger partial charge in [-0.15, -0.1) is 0 Å². The lowest BCUT2D eigenvalue weighted by atomic mass is 9.98. The van der Waals surface area contributed by atoms with Crippen LogP contribution in [0.3, 0.4) is 0 Å². The van der Waals surface area contributed by atoms with Crippen LogP contribution in [0.1, 0.15) is 19.4 Å². The minimum Gasteiger partial charge on any atom is -0.381 e. The lowest BCUT2D eigenvalue weighted by Crippen LogP contribution is -1.99. The summed E-state index contributed by atoms with van der Waals surface area (Å²) in [6.45, 7) is 4.31. The zero-order valence-corrected chi connectivity index (χ0v) is 11.6. The van der Waals surface area contributed by atoms with Crippen LogP contribution < -0.4 is 5.73 Å². The van der Waals surface area contributed by atoms with Crippen LogP contribution in [0.5, 0.6) is 0 Å². The van der Waals surface area contributed by atoms with Crippen LogP contribution in [0, 0.1) is 5.92 Å². The highest BCUT2D eigenvalue weighted by molar-refractivity contribution is 5.94. The van der Waals surface area contributed by atoms with Crippen LogP contribution in [0.2, 0.25) is 0 Å². The Morgan fingerprint density at radius 3 is 2.80 bits per heavy atom. The zero-order valence-electron chi connectivity index (χ0n) is 11.6. The third-order valence-electron chi connectivity index (χ3n) is 3.32. The predicted octanol–water partition coefficient (Wildman–Crippen LogP) is 3.67. The van der Waals surface area contributed by atoms with Crippen molar-refractivity contribution < 1.29 is 4.52 Å². The van der Waals surface area contributed by atoms with Gasteiger partial charge >= 0.3 is 0 Å². The number of nitrogens with zero attached hydrogens (tertiary/aromatic N) is 2. The minimum absolute atomic E-state index is 0.481. The second-order valence-electron chi connectivity index (χ2n) is 5.35. The van der Waals surface area contributed by atoms with Gasteiger partial charge in [0.25, 0.3) is 0 Å². The minimum atomic E-state index is 0.481. The first-order chi connectivity index (χ1) is 9.66. The Hall–Kier alpha value is -2.36. The fourth-order valence-electron chi connectivity index (χ4n) is 2.43. The number of pyridine rings is 1. The van der Waals surface area contributed by atoms with Gasteiger partial charge in [0.15, 0.2) is 11.6 Å². The van der Waals surface area contributed by atoms with Gasteiger partial charge in [0.2, 0.25) is 0 Å². The molecule has 0 unspecified atom stereocenters. The average Bonchev–Trinajstić information content (AvgIpc) is 2.79. The van der Waals surface area contributed by atoms with E-state index in [4.69, 9.17) is 10.3 Å². The Bertz CT molecular complexity index is 741. The summed E-state index contributed by atoms with van der Waals surface area (Å²) < 4.78 is 5.49. The second-order valence-corrected chi connectivity index (χ2v) is 5.35. The molecular weight excluding hydrogens is 250 g/mol. The molecule has 0 saturated heterocycles. The summed E-state index contributed by atoms with van der Waals surface area (Å²) in [5.74, 6) is 1.73. The van der Waals surface area contributed by atoms with Gasteiger partial charge in [-0.25, -0.2) is 0 Å². The van der Waals surface area contributed by atoms with Crippen molar-refractivity contribution in [1.29, 1.82) is 0 Å². The Morgan fingerprint density at radius 1 is 1.20 bits per heavy atom. The summed E-state index contributed by atoms with van der Waals surface area (Å²) in [6, 6.07) is 9.95. The van der Waals surface area contributed by atoms with E-state index in [9.17, 15) is 0 Å². The van der Waals surface area contributed by atoms with Crippen molar-refractivity contribution >= 4 is 16.7 Å². The molecule has 0 bridgehead atoms. The molecule has 4 nitrogen and oxygen atoms in total. The maximum atomic E-state index is 5.95. The van der Waals surface area contributed by atoms with E-state index in [0.717, 1.165) is 34.2 Å². The maximum Gasteiger partial charge on any atom is 0.173 e.